The van der Waals surface area contributed by atoms with Crippen LogP contribution in [0.4, 0.5) is 0 Å². The molecular formula is C14H23N3O2. The Hall–Kier alpha value is -1.36. The standard InChI is InChI=1S/C14H23N3O2/c1-3-4-7-17-11(2)13(10-15-17)14(19)16-8-5-12(18)6-9-16/h10,12,18H,3-9H2,1-2H3. The number of aliphatic hydroxyl groups excluding tert-OH is 1. The highest BCUT2D eigenvalue weighted by Gasteiger charge is 2.24. The molecule has 0 unspecified atom stereocenters. The maximum Gasteiger partial charge on any atom is 0.257 e. The van der Waals surface area contributed by atoms with Crippen LogP contribution in [0.15, 0.2) is 6.20 Å². The Kier molecular flexibility index (Phi) is 4.58. The van der Waals surface area contributed by atoms with Gasteiger partial charge in [-0.25, -0.2) is 0 Å². The molecule has 1 aromatic rings. The van der Waals surface area contributed by atoms with Crippen LogP contribution >= 0.6 is 0 Å². The van der Waals surface area contributed by atoms with Gasteiger partial charge in [-0.3, -0.25) is 9.48 Å². The summed E-state index contributed by atoms with van der Waals surface area (Å²) in [5.74, 6) is 0.0483. The molecule has 2 rings (SSSR count). The summed E-state index contributed by atoms with van der Waals surface area (Å²) >= 11 is 0. The van der Waals surface area contributed by atoms with Gasteiger partial charge >= 0.3 is 0 Å². The van der Waals surface area contributed by atoms with Gasteiger partial charge in [-0.2, -0.15) is 5.10 Å². The predicted molar refractivity (Wildman–Crippen MR) is 73.0 cm³/mol. The van der Waals surface area contributed by atoms with Crippen molar-refractivity contribution in [3.05, 3.63) is 17.5 Å². The first-order valence-electron chi connectivity index (χ1n) is 7.13. The number of amides is 1. The number of piperidine rings is 1. The summed E-state index contributed by atoms with van der Waals surface area (Å²) in [5.41, 5.74) is 1.65. The van der Waals surface area contributed by atoms with E-state index in [9.17, 15) is 9.90 Å². The Morgan fingerprint density at radius 3 is 2.79 bits per heavy atom. The van der Waals surface area contributed by atoms with Crippen molar-refractivity contribution < 1.29 is 9.90 Å². The molecule has 1 aliphatic heterocycles. The molecule has 1 aromatic heterocycles. The number of rotatable bonds is 4. The lowest BCUT2D eigenvalue weighted by molar-refractivity contribution is 0.0546. The number of carbonyl (C=O) groups excluding carboxylic acids is 1. The number of aliphatic hydroxyl groups is 1. The highest BCUT2D eigenvalue weighted by Crippen LogP contribution is 2.16. The summed E-state index contributed by atoms with van der Waals surface area (Å²) in [6.07, 6.45) is 4.97. The van der Waals surface area contributed by atoms with E-state index < -0.39 is 0 Å². The number of hydrogen-bond acceptors (Lipinski definition) is 3. The molecule has 0 spiro atoms. The third-order valence-corrected chi connectivity index (χ3v) is 3.81. The molecule has 5 heteroatoms. The number of hydrogen-bond donors (Lipinski definition) is 1. The minimum atomic E-state index is -0.252. The SMILES string of the molecule is CCCCn1ncc(C(=O)N2CCC(O)CC2)c1C. The number of aryl methyl sites for hydroxylation is 1. The second kappa shape index (κ2) is 6.19. The molecule has 5 nitrogen and oxygen atoms in total. The van der Waals surface area contributed by atoms with Crippen LogP contribution in [0.25, 0.3) is 0 Å². The molecular weight excluding hydrogens is 242 g/mol. The summed E-state index contributed by atoms with van der Waals surface area (Å²) in [7, 11) is 0. The van der Waals surface area contributed by atoms with Crippen LogP contribution < -0.4 is 0 Å². The van der Waals surface area contributed by atoms with Gasteiger partial charge in [0, 0.05) is 25.3 Å². The van der Waals surface area contributed by atoms with Crippen molar-refractivity contribution >= 4 is 5.91 Å². The predicted octanol–water partition coefficient (Wildman–Crippen LogP) is 1.59. The van der Waals surface area contributed by atoms with Gasteiger partial charge in [0.15, 0.2) is 0 Å². The summed E-state index contributed by atoms with van der Waals surface area (Å²) in [4.78, 5) is 14.2. The first kappa shape index (κ1) is 14.1. The van der Waals surface area contributed by atoms with Crippen LogP contribution in [-0.4, -0.2) is 44.9 Å². The van der Waals surface area contributed by atoms with Crippen molar-refractivity contribution in [1.82, 2.24) is 14.7 Å². The normalized spacial score (nSPS) is 16.9. The molecule has 1 N–H and O–H groups in total. The van der Waals surface area contributed by atoms with Crippen molar-refractivity contribution in [2.45, 2.75) is 52.2 Å². The van der Waals surface area contributed by atoms with Crippen LogP contribution in [-0.2, 0) is 6.54 Å². The van der Waals surface area contributed by atoms with Crippen LogP contribution in [0.5, 0.6) is 0 Å². The van der Waals surface area contributed by atoms with Gasteiger partial charge in [-0.1, -0.05) is 13.3 Å². The molecule has 2 heterocycles. The molecule has 0 radical (unpaired) electrons. The zero-order valence-corrected chi connectivity index (χ0v) is 11.8. The fourth-order valence-corrected chi connectivity index (χ4v) is 2.43. The molecule has 106 valence electrons. The van der Waals surface area contributed by atoms with E-state index in [0.29, 0.717) is 31.5 Å². The first-order chi connectivity index (χ1) is 9.13. The molecule has 1 aliphatic rings. The fourth-order valence-electron chi connectivity index (χ4n) is 2.43. The van der Waals surface area contributed by atoms with Crippen molar-refractivity contribution in [2.75, 3.05) is 13.1 Å². The van der Waals surface area contributed by atoms with Crippen LogP contribution in [0.2, 0.25) is 0 Å². The molecule has 1 amide bonds. The Morgan fingerprint density at radius 1 is 1.47 bits per heavy atom. The van der Waals surface area contributed by atoms with Gasteiger partial charge in [0.1, 0.15) is 0 Å². The van der Waals surface area contributed by atoms with E-state index in [1.54, 1.807) is 6.20 Å². The van der Waals surface area contributed by atoms with Crippen LogP contribution in [0.3, 0.4) is 0 Å². The monoisotopic (exact) mass is 265 g/mol. The minimum absolute atomic E-state index is 0.0483. The van der Waals surface area contributed by atoms with Crippen molar-refractivity contribution in [3.63, 3.8) is 0 Å². The molecule has 0 aromatic carbocycles. The van der Waals surface area contributed by atoms with Gasteiger partial charge in [0.2, 0.25) is 0 Å². The topological polar surface area (TPSA) is 58.4 Å². The second-order valence-corrected chi connectivity index (χ2v) is 5.24. The zero-order valence-electron chi connectivity index (χ0n) is 11.8. The van der Waals surface area contributed by atoms with Gasteiger partial charge in [-0.05, 0) is 26.2 Å². The van der Waals surface area contributed by atoms with Gasteiger partial charge in [0.05, 0.1) is 17.9 Å². The lowest BCUT2D eigenvalue weighted by Gasteiger charge is -2.29. The third-order valence-electron chi connectivity index (χ3n) is 3.81. The molecule has 19 heavy (non-hydrogen) atoms. The Morgan fingerprint density at radius 2 is 2.16 bits per heavy atom. The first-order valence-corrected chi connectivity index (χ1v) is 7.13. The number of likely N-dealkylation sites (tertiary alicyclic amines) is 1. The van der Waals surface area contributed by atoms with E-state index in [0.717, 1.165) is 25.1 Å². The van der Waals surface area contributed by atoms with Gasteiger partial charge in [-0.15, -0.1) is 0 Å². The lowest BCUT2D eigenvalue weighted by Crippen LogP contribution is -2.40. The number of aromatic nitrogens is 2. The second-order valence-electron chi connectivity index (χ2n) is 5.24. The molecule has 0 bridgehead atoms. The number of nitrogens with zero attached hydrogens (tertiary/aromatic N) is 3. The molecule has 1 fully saturated rings. The molecule has 0 aliphatic carbocycles. The van der Waals surface area contributed by atoms with Gasteiger partial charge in [0.25, 0.3) is 5.91 Å². The van der Waals surface area contributed by atoms with Crippen LogP contribution in [0.1, 0.15) is 48.7 Å². The van der Waals surface area contributed by atoms with Gasteiger partial charge < -0.3 is 10.0 Å². The largest absolute Gasteiger partial charge is 0.393 e. The van der Waals surface area contributed by atoms with E-state index in [4.69, 9.17) is 0 Å². The average Bonchev–Trinajstić information content (AvgIpc) is 2.78. The zero-order chi connectivity index (χ0) is 13.8. The summed E-state index contributed by atoms with van der Waals surface area (Å²) in [6, 6.07) is 0. The highest BCUT2D eigenvalue weighted by atomic mass is 16.3. The van der Waals surface area contributed by atoms with E-state index in [1.165, 1.54) is 0 Å². The number of unbranched alkanes of at least 4 members (excludes halogenated alkanes) is 1. The number of carbonyl (C=O) groups is 1. The van der Waals surface area contributed by atoms with Crippen molar-refractivity contribution in [3.8, 4) is 0 Å². The fraction of sp³-hybridized carbons (Fsp3) is 0.714. The average molecular weight is 265 g/mol. The Bertz CT molecular complexity index is 434. The van der Waals surface area contributed by atoms with E-state index in [-0.39, 0.29) is 12.0 Å². The minimum Gasteiger partial charge on any atom is -0.393 e. The lowest BCUT2D eigenvalue weighted by atomic mass is 10.1. The van der Waals surface area contributed by atoms with Crippen molar-refractivity contribution in [2.24, 2.45) is 0 Å². The van der Waals surface area contributed by atoms with E-state index >= 15 is 0 Å². The van der Waals surface area contributed by atoms with E-state index in [2.05, 4.69) is 12.0 Å². The summed E-state index contributed by atoms with van der Waals surface area (Å²) < 4.78 is 1.91. The molecule has 1 saturated heterocycles. The van der Waals surface area contributed by atoms with E-state index in [1.807, 2.05) is 16.5 Å². The quantitative estimate of drug-likeness (QED) is 0.899. The third kappa shape index (κ3) is 3.15. The summed E-state index contributed by atoms with van der Waals surface area (Å²) in [6.45, 7) is 6.24. The Balaban J connectivity index is 2.05. The highest BCUT2D eigenvalue weighted by molar-refractivity contribution is 5.95. The van der Waals surface area contributed by atoms with Crippen LogP contribution in [0, 0.1) is 6.92 Å². The maximum atomic E-state index is 12.4. The maximum absolute atomic E-state index is 12.4. The smallest absolute Gasteiger partial charge is 0.257 e. The molecule has 0 atom stereocenters. The summed E-state index contributed by atoms with van der Waals surface area (Å²) in [5, 5.41) is 13.8. The Labute approximate surface area is 114 Å². The molecule has 0 saturated carbocycles. The van der Waals surface area contributed by atoms with Crippen molar-refractivity contribution in [1.29, 1.82) is 0 Å².